The molecule has 1 unspecified atom stereocenters. The number of pyridine rings is 2. The lowest BCUT2D eigenvalue weighted by Crippen LogP contribution is -2.30. The van der Waals surface area contributed by atoms with E-state index in [-0.39, 0.29) is 42.5 Å². The van der Waals surface area contributed by atoms with E-state index in [1.807, 2.05) is 0 Å². The van der Waals surface area contributed by atoms with Crippen LogP contribution in [0.25, 0.3) is 0 Å². The smallest absolute Gasteiger partial charge is 0.356 e. The Hall–Kier alpha value is -2.80. The van der Waals surface area contributed by atoms with Crippen molar-refractivity contribution in [1.82, 2.24) is 9.97 Å². The fraction of sp³-hybridized carbons (Fsp3) is 0.400. The summed E-state index contributed by atoms with van der Waals surface area (Å²) in [7, 11) is -3.20. The van der Waals surface area contributed by atoms with E-state index in [4.69, 9.17) is 5.14 Å². The maximum Gasteiger partial charge on any atom is 0.418 e. The van der Waals surface area contributed by atoms with Crippen LogP contribution in [0.2, 0.25) is 0 Å². The summed E-state index contributed by atoms with van der Waals surface area (Å²) in [5.41, 5.74) is -1.83. The number of anilines is 2. The van der Waals surface area contributed by atoms with Gasteiger partial charge >= 0.3 is 6.18 Å². The Kier molecular flexibility index (Phi) is 6.67. The highest BCUT2D eigenvalue weighted by molar-refractivity contribution is 7.98. The largest absolute Gasteiger partial charge is 0.418 e. The highest BCUT2D eigenvalue weighted by Crippen LogP contribution is 2.37. The molecule has 0 saturated carbocycles. The number of amides is 1. The van der Waals surface area contributed by atoms with Gasteiger partial charge in [-0.05, 0) is 36.9 Å². The summed E-state index contributed by atoms with van der Waals surface area (Å²) >= 11 is 0. The molecule has 2 aromatic rings. The number of nitrogens with one attached hydrogen (secondary N) is 1. The number of nitrogens with two attached hydrogens (primary N) is 1. The second-order valence-electron chi connectivity index (χ2n) is 7.75. The Morgan fingerprint density at radius 2 is 1.97 bits per heavy atom. The number of rotatable bonds is 4. The third-order valence-corrected chi connectivity index (χ3v) is 6.15. The molecule has 7 nitrogen and oxygen atoms in total. The number of hydrogen-bond acceptors (Lipinski definition) is 5. The molecule has 1 atom stereocenters. The first-order chi connectivity index (χ1) is 15.2. The first kappa shape index (κ1) is 24.8. The number of halogens is 5. The number of hydrogen-bond donors (Lipinski definition) is 2. The normalized spacial score (nSPS) is 18.3. The first-order valence-electron chi connectivity index (χ1n) is 9.81. The molecule has 1 saturated heterocycles. The molecule has 3 heterocycles. The summed E-state index contributed by atoms with van der Waals surface area (Å²) in [6.07, 6.45) is -3.78. The molecule has 0 spiro atoms. The molecule has 0 bridgehead atoms. The van der Waals surface area contributed by atoms with Crippen molar-refractivity contribution in [3.63, 3.8) is 0 Å². The van der Waals surface area contributed by atoms with Crippen LogP contribution in [-0.4, -0.2) is 45.0 Å². The molecule has 13 heteroatoms. The van der Waals surface area contributed by atoms with Gasteiger partial charge < -0.3 is 10.2 Å². The fourth-order valence-electron chi connectivity index (χ4n) is 3.53. The topological polar surface area (TPSA) is 101 Å². The monoisotopic (exact) mass is 491 g/mol. The number of carbonyl (C=O) groups excluding carboxylic acids is 1. The van der Waals surface area contributed by atoms with Crippen LogP contribution < -0.4 is 15.4 Å². The lowest BCUT2D eigenvalue weighted by molar-refractivity contribution is -0.138. The molecule has 0 radical (unpaired) electrons. The highest BCUT2D eigenvalue weighted by atomic mass is 32.2. The third kappa shape index (κ3) is 5.77. The standard InChI is InChI=1S/C20H22F5N5O2S/c1-12-14(20(23,24)25)11-28-17(30-8-3-5-19(21,22)6-9-30)16(12)18(31)29-13-4-7-27-15(10-13)33(2,26)32/h4,7,10-11H,2-3,5-6,8-9H2,1H3,(H2,26,32)(H,27,29,31). The molecule has 2 aromatic heterocycles. The maximum atomic E-state index is 13.8. The number of alkyl halides is 5. The van der Waals surface area contributed by atoms with E-state index < -0.39 is 50.8 Å². The number of carbonyl (C=O) groups is 1. The van der Waals surface area contributed by atoms with Crippen LogP contribution in [0.3, 0.4) is 0 Å². The van der Waals surface area contributed by atoms with Gasteiger partial charge in [-0.25, -0.2) is 23.0 Å². The van der Waals surface area contributed by atoms with Crippen LogP contribution in [0.1, 0.15) is 40.7 Å². The molecule has 3 N–H and O–H groups in total. The first-order valence-corrected chi connectivity index (χ1v) is 11.6. The fourth-order valence-corrected chi connectivity index (χ4v) is 4.10. The van der Waals surface area contributed by atoms with Gasteiger partial charge in [0.25, 0.3) is 5.91 Å². The van der Waals surface area contributed by atoms with Crippen LogP contribution in [-0.2, 0) is 15.9 Å². The molecule has 33 heavy (non-hydrogen) atoms. The lowest BCUT2D eigenvalue weighted by Gasteiger charge is -2.26. The van der Waals surface area contributed by atoms with E-state index in [1.165, 1.54) is 23.2 Å². The second-order valence-corrected chi connectivity index (χ2v) is 9.62. The van der Waals surface area contributed by atoms with Gasteiger partial charge in [0.15, 0.2) is 0 Å². The van der Waals surface area contributed by atoms with Crippen molar-refractivity contribution in [3.8, 4) is 0 Å². The lowest BCUT2D eigenvalue weighted by atomic mass is 10.0. The summed E-state index contributed by atoms with van der Waals surface area (Å²) in [5.74, 6) is -0.676. The highest BCUT2D eigenvalue weighted by Gasteiger charge is 2.38. The third-order valence-electron chi connectivity index (χ3n) is 5.22. The quantitative estimate of drug-likeness (QED) is 0.503. The predicted octanol–water partition coefficient (Wildman–Crippen LogP) is 3.63. The molecule has 1 fully saturated rings. The molecule has 0 aliphatic carbocycles. The van der Waals surface area contributed by atoms with Gasteiger partial charge in [-0.2, -0.15) is 13.2 Å². The molecule has 0 aromatic carbocycles. The maximum absolute atomic E-state index is 13.8. The van der Waals surface area contributed by atoms with Gasteiger partial charge in [0.05, 0.1) is 20.8 Å². The van der Waals surface area contributed by atoms with Crippen LogP contribution in [0.15, 0.2) is 29.6 Å². The molecule has 180 valence electrons. The van der Waals surface area contributed by atoms with E-state index >= 15 is 0 Å². The van der Waals surface area contributed by atoms with E-state index in [0.29, 0.717) is 6.20 Å². The van der Waals surface area contributed by atoms with Gasteiger partial charge in [0.2, 0.25) is 5.92 Å². The average molecular weight is 491 g/mol. The van der Waals surface area contributed by atoms with Crippen molar-refractivity contribution in [2.24, 2.45) is 5.14 Å². The van der Waals surface area contributed by atoms with Crippen molar-refractivity contribution in [1.29, 1.82) is 0 Å². The Bertz CT molecular complexity index is 1170. The van der Waals surface area contributed by atoms with Crippen LogP contribution >= 0.6 is 0 Å². The van der Waals surface area contributed by atoms with Gasteiger partial charge in [0, 0.05) is 44.0 Å². The molecule has 1 amide bonds. The van der Waals surface area contributed by atoms with Crippen molar-refractivity contribution in [2.45, 2.75) is 43.3 Å². The molecular formula is C20H22F5N5O2S. The molecule has 1 aliphatic rings. The minimum Gasteiger partial charge on any atom is -0.356 e. The summed E-state index contributed by atoms with van der Waals surface area (Å²) in [6, 6.07) is 2.52. The van der Waals surface area contributed by atoms with Gasteiger partial charge in [-0.15, -0.1) is 0 Å². The van der Waals surface area contributed by atoms with Crippen molar-refractivity contribution in [2.75, 3.05) is 23.3 Å². The minimum atomic E-state index is -4.78. The second kappa shape index (κ2) is 8.86. The summed E-state index contributed by atoms with van der Waals surface area (Å²) in [6.45, 7) is 1.04. The van der Waals surface area contributed by atoms with E-state index in [1.54, 1.807) is 0 Å². The average Bonchev–Trinajstić information content (AvgIpc) is 2.86. The molecular weight excluding hydrogens is 469 g/mol. The van der Waals surface area contributed by atoms with Gasteiger partial charge in [0.1, 0.15) is 10.8 Å². The molecule has 1 aliphatic heterocycles. The number of nitrogens with zero attached hydrogens (tertiary/aromatic N) is 3. The van der Waals surface area contributed by atoms with Gasteiger partial charge in [-0.3, -0.25) is 9.93 Å². The van der Waals surface area contributed by atoms with Crippen LogP contribution in [0.4, 0.5) is 33.5 Å². The number of aromatic nitrogens is 2. The predicted molar refractivity (Wildman–Crippen MR) is 115 cm³/mol. The van der Waals surface area contributed by atoms with Crippen molar-refractivity contribution >= 4 is 33.0 Å². The van der Waals surface area contributed by atoms with Crippen LogP contribution in [0, 0.1) is 6.92 Å². The zero-order valence-corrected chi connectivity index (χ0v) is 18.4. The summed E-state index contributed by atoms with van der Waals surface area (Å²) in [5, 5.41) is 7.77. The van der Waals surface area contributed by atoms with E-state index in [2.05, 4.69) is 21.2 Å². The SMILES string of the molecule is C=S(N)(=O)c1cc(NC(=O)c2c(N3CCCC(F)(F)CC3)ncc(C(F)(F)F)c2C)ccn1. The zero-order valence-electron chi connectivity index (χ0n) is 17.6. The summed E-state index contributed by atoms with van der Waals surface area (Å²) in [4.78, 5) is 22.2. The Balaban J connectivity index is 2.05. The summed E-state index contributed by atoms with van der Waals surface area (Å²) < 4.78 is 80.1. The van der Waals surface area contributed by atoms with Crippen LogP contribution in [0.5, 0.6) is 0 Å². The zero-order chi connectivity index (χ0) is 24.6. The van der Waals surface area contributed by atoms with Gasteiger partial charge in [-0.1, -0.05) is 0 Å². The van der Waals surface area contributed by atoms with Crippen molar-refractivity contribution < 1.29 is 31.0 Å². The van der Waals surface area contributed by atoms with E-state index in [9.17, 15) is 31.0 Å². The Morgan fingerprint density at radius 1 is 1.27 bits per heavy atom. The Morgan fingerprint density at radius 3 is 2.61 bits per heavy atom. The molecule has 3 rings (SSSR count). The van der Waals surface area contributed by atoms with E-state index in [0.717, 1.165) is 6.92 Å². The van der Waals surface area contributed by atoms with Crippen molar-refractivity contribution in [3.05, 3.63) is 41.2 Å². The minimum absolute atomic E-state index is 0.0667. The Labute approximate surface area is 187 Å².